The highest BCUT2D eigenvalue weighted by Crippen LogP contribution is 2.31. The Bertz CT molecular complexity index is 541. The van der Waals surface area contributed by atoms with E-state index in [4.69, 9.17) is 0 Å². The summed E-state index contributed by atoms with van der Waals surface area (Å²) in [5.74, 6) is 0.286. The molecule has 2 rings (SSSR count). The molecule has 0 aromatic heterocycles. The van der Waals surface area contributed by atoms with Crippen molar-refractivity contribution in [1.82, 2.24) is 4.90 Å². The number of para-hydroxylation sites is 1. The third kappa shape index (κ3) is 3.15. The van der Waals surface area contributed by atoms with E-state index in [2.05, 4.69) is 5.32 Å². The second kappa shape index (κ2) is 6.56. The number of carbonyl (C=O) groups is 1. The summed E-state index contributed by atoms with van der Waals surface area (Å²) in [4.78, 5) is 25.2. The first-order valence-electron chi connectivity index (χ1n) is 7.32. The van der Waals surface area contributed by atoms with E-state index in [1.807, 2.05) is 6.92 Å². The monoisotopic (exact) mass is 291 g/mol. The lowest BCUT2D eigenvalue weighted by Gasteiger charge is -2.31. The fourth-order valence-corrected chi connectivity index (χ4v) is 2.63. The molecule has 0 heterocycles. The molecule has 0 bridgehead atoms. The van der Waals surface area contributed by atoms with Gasteiger partial charge >= 0.3 is 5.69 Å². The standard InChI is InChI=1S/C15H21N3O3/c1-3-17(10-11-6-4-7-11)15(19)12-8-5-9-13(16-2)14(12)18(20)21/h5,8-9,11,16H,3-4,6-7,10H2,1-2H3. The van der Waals surface area contributed by atoms with E-state index in [0.717, 1.165) is 12.8 Å². The number of rotatable bonds is 6. The molecular weight excluding hydrogens is 270 g/mol. The number of carbonyl (C=O) groups excluding carboxylic acids is 1. The van der Waals surface area contributed by atoms with E-state index in [-0.39, 0.29) is 17.2 Å². The topological polar surface area (TPSA) is 75.5 Å². The number of nitro benzene ring substituents is 1. The van der Waals surface area contributed by atoms with Gasteiger partial charge in [0.05, 0.1) is 4.92 Å². The van der Waals surface area contributed by atoms with Crippen LogP contribution in [0.1, 0.15) is 36.5 Å². The van der Waals surface area contributed by atoms with Crippen molar-refractivity contribution in [3.63, 3.8) is 0 Å². The molecule has 114 valence electrons. The van der Waals surface area contributed by atoms with Crippen molar-refractivity contribution in [2.24, 2.45) is 5.92 Å². The van der Waals surface area contributed by atoms with Crippen LogP contribution in [0.5, 0.6) is 0 Å². The van der Waals surface area contributed by atoms with Crippen LogP contribution in [0, 0.1) is 16.0 Å². The van der Waals surface area contributed by atoms with Crippen molar-refractivity contribution in [3.05, 3.63) is 33.9 Å². The van der Waals surface area contributed by atoms with Gasteiger partial charge in [0, 0.05) is 20.1 Å². The van der Waals surface area contributed by atoms with Crippen molar-refractivity contribution >= 4 is 17.3 Å². The fraction of sp³-hybridized carbons (Fsp3) is 0.533. The lowest BCUT2D eigenvalue weighted by atomic mass is 9.85. The first-order chi connectivity index (χ1) is 10.1. The molecule has 1 aliphatic rings. The van der Waals surface area contributed by atoms with Gasteiger partial charge in [0.25, 0.3) is 5.91 Å². The van der Waals surface area contributed by atoms with Crippen molar-refractivity contribution < 1.29 is 9.72 Å². The Morgan fingerprint density at radius 1 is 1.48 bits per heavy atom. The number of amides is 1. The van der Waals surface area contributed by atoms with Crippen LogP contribution in [0.2, 0.25) is 0 Å². The minimum absolute atomic E-state index is 0.142. The van der Waals surface area contributed by atoms with Crippen LogP contribution in [0.4, 0.5) is 11.4 Å². The molecule has 1 aliphatic carbocycles. The molecule has 1 fully saturated rings. The highest BCUT2D eigenvalue weighted by atomic mass is 16.6. The number of benzene rings is 1. The maximum atomic E-state index is 12.6. The van der Waals surface area contributed by atoms with Gasteiger partial charge in [-0.3, -0.25) is 14.9 Å². The number of nitro groups is 1. The van der Waals surface area contributed by atoms with Crippen LogP contribution >= 0.6 is 0 Å². The number of nitrogens with zero attached hydrogens (tertiary/aromatic N) is 2. The first kappa shape index (κ1) is 15.3. The molecule has 1 saturated carbocycles. The molecule has 0 spiro atoms. The van der Waals surface area contributed by atoms with Gasteiger partial charge in [-0.1, -0.05) is 12.5 Å². The van der Waals surface area contributed by atoms with Crippen molar-refractivity contribution in [2.75, 3.05) is 25.5 Å². The van der Waals surface area contributed by atoms with E-state index < -0.39 is 4.92 Å². The Morgan fingerprint density at radius 2 is 2.19 bits per heavy atom. The van der Waals surface area contributed by atoms with E-state index in [1.165, 1.54) is 12.5 Å². The van der Waals surface area contributed by atoms with Crippen LogP contribution in [0.15, 0.2) is 18.2 Å². The molecule has 0 saturated heterocycles. The smallest absolute Gasteiger partial charge is 0.305 e. The third-order valence-corrected chi connectivity index (χ3v) is 4.09. The molecule has 0 unspecified atom stereocenters. The van der Waals surface area contributed by atoms with E-state index in [1.54, 1.807) is 24.1 Å². The number of nitrogens with one attached hydrogen (secondary N) is 1. The molecule has 1 N–H and O–H groups in total. The molecule has 0 atom stereocenters. The Labute approximate surface area is 124 Å². The summed E-state index contributed by atoms with van der Waals surface area (Å²) >= 11 is 0. The maximum absolute atomic E-state index is 12.6. The Kier molecular flexibility index (Phi) is 4.77. The van der Waals surface area contributed by atoms with Gasteiger partial charge in [-0.25, -0.2) is 0 Å². The Balaban J connectivity index is 2.30. The Morgan fingerprint density at radius 3 is 2.67 bits per heavy atom. The summed E-state index contributed by atoms with van der Waals surface area (Å²) in [6.45, 7) is 3.16. The van der Waals surface area contributed by atoms with E-state index >= 15 is 0 Å². The molecule has 6 nitrogen and oxygen atoms in total. The predicted molar refractivity (Wildman–Crippen MR) is 81.6 cm³/mol. The maximum Gasteiger partial charge on any atom is 0.305 e. The zero-order valence-electron chi connectivity index (χ0n) is 12.5. The minimum atomic E-state index is -0.490. The SMILES string of the molecule is CCN(CC1CCC1)C(=O)c1cccc(NC)c1[N+](=O)[O-]. The van der Waals surface area contributed by atoms with Crippen LogP contribution in [-0.2, 0) is 0 Å². The summed E-state index contributed by atoms with van der Waals surface area (Å²) < 4.78 is 0. The lowest BCUT2D eigenvalue weighted by molar-refractivity contribution is -0.384. The second-order valence-corrected chi connectivity index (χ2v) is 5.35. The fourth-order valence-electron chi connectivity index (χ4n) is 2.63. The normalized spacial score (nSPS) is 14.4. The molecule has 0 aliphatic heterocycles. The second-order valence-electron chi connectivity index (χ2n) is 5.35. The van der Waals surface area contributed by atoms with E-state index in [0.29, 0.717) is 24.7 Å². The van der Waals surface area contributed by atoms with Crippen LogP contribution in [0.25, 0.3) is 0 Å². The van der Waals surface area contributed by atoms with Crippen molar-refractivity contribution in [1.29, 1.82) is 0 Å². The van der Waals surface area contributed by atoms with Gasteiger partial charge in [0.2, 0.25) is 0 Å². The summed E-state index contributed by atoms with van der Waals surface area (Å²) in [6, 6.07) is 4.81. The molecule has 1 aromatic rings. The molecule has 21 heavy (non-hydrogen) atoms. The molecule has 1 aromatic carbocycles. The summed E-state index contributed by atoms with van der Waals surface area (Å²) in [7, 11) is 1.61. The summed E-state index contributed by atoms with van der Waals surface area (Å²) in [6.07, 6.45) is 3.50. The van der Waals surface area contributed by atoms with Crippen molar-refractivity contribution in [2.45, 2.75) is 26.2 Å². The number of hydrogen-bond donors (Lipinski definition) is 1. The lowest BCUT2D eigenvalue weighted by Crippen LogP contribution is -2.37. The average molecular weight is 291 g/mol. The number of hydrogen-bond acceptors (Lipinski definition) is 4. The van der Waals surface area contributed by atoms with Crippen LogP contribution < -0.4 is 5.32 Å². The average Bonchev–Trinajstić information content (AvgIpc) is 2.44. The van der Waals surface area contributed by atoms with Crippen molar-refractivity contribution in [3.8, 4) is 0 Å². The zero-order valence-corrected chi connectivity index (χ0v) is 12.5. The Hall–Kier alpha value is -2.11. The van der Waals surface area contributed by atoms with Gasteiger partial charge < -0.3 is 10.2 Å². The van der Waals surface area contributed by atoms with Crippen LogP contribution in [-0.4, -0.2) is 35.9 Å². The number of anilines is 1. The van der Waals surface area contributed by atoms with Gasteiger partial charge in [-0.2, -0.15) is 0 Å². The summed E-state index contributed by atoms with van der Waals surface area (Å²) in [5.41, 5.74) is 0.385. The largest absolute Gasteiger partial charge is 0.383 e. The quantitative estimate of drug-likeness (QED) is 0.646. The first-order valence-corrected chi connectivity index (χ1v) is 7.32. The highest BCUT2D eigenvalue weighted by Gasteiger charge is 2.29. The zero-order chi connectivity index (χ0) is 15.4. The molecular formula is C15H21N3O3. The van der Waals surface area contributed by atoms with Gasteiger partial charge in [-0.15, -0.1) is 0 Å². The molecule has 6 heteroatoms. The third-order valence-electron chi connectivity index (χ3n) is 4.09. The van der Waals surface area contributed by atoms with Gasteiger partial charge in [-0.05, 0) is 37.8 Å². The van der Waals surface area contributed by atoms with Gasteiger partial charge in [0.1, 0.15) is 11.3 Å². The molecule has 0 radical (unpaired) electrons. The highest BCUT2D eigenvalue weighted by molar-refractivity contribution is 6.00. The minimum Gasteiger partial charge on any atom is -0.383 e. The summed E-state index contributed by atoms with van der Waals surface area (Å²) in [5, 5.41) is 14.1. The predicted octanol–water partition coefficient (Wildman–Crippen LogP) is 2.90. The van der Waals surface area contributed by atoms with Gasteiger partial charge in [0.15, 0.2) is 0 Å². The molecule has 1 amide bonds. The van der Waals surface area contributed by atoms with E-state index in [9.17, 15) is 14.9 Å². The van der Waals surface area contributed by atoms with Crippen LogP contribution in [0.3, 0.4) is 0 Å².